The third-order valence-electron chi connectivity index (χ3n) is 5.96. The molecule has 3 aliphatic rings. The second-order valence-corrected chi connectivity index (χ2v) is 6.95. The molecular formula is C17H29NO2. The Morgan fingerprint density at radius 3 is 2.55 bits per heavy atom. The zero-order valence-electron chi connectivity index (χ0n) is 13.1. The van der Waals surface area contributed by atoms with Crippen LogP contribution < -0.4 is 0 Å². The quantitative estimate of drug-likeness (QED) is 0.693. The summed E-state index contributed by atoms with van der Waals surface area (Å²) < 4.78 is 5.76. The Morgan fingerprint density at radius 1 is 1.25 bits per heavy atom. The number of rotatable bonds is 5. The monoisotopic (exact) mass is 279 g/mol. The van der Waals surface area contributed by atoms with Gasteiger partial charge in [-0.25, -0.2) is 4.79 Å². The van der Waals surface area contributed by atoms with Gasteiger partial charge in [-0.1, -0.05) is 33.1 Å². The van der Waals surface area contributed by atoms with Crippen molar-refractivity contribution in [3.8, 4) is 0 Å². The molecule has 0 aromatic carbocycles. The van der Waals surface area contributed by atoms with Crippen molar-refractivity contribution in [2.24, 2.45) is 5.92 Å². The lowest BCUT2D eigenvalue weighted by Gasteiger charge is -2.37. The van der Waals surface area contributed by atoms with Crippen molar-refractivity contribution in [2.45, 2.75) is 95.7 Å². The van der Waals surface area contributed by atoms with Gasteiger partial charge in [0.1, 0.15) is 6.10 Å². The lowest BCUT2D eigenvalue weighted by molar-refractivity contribution is 0.0666. The second kappa shape index (κ2) is 5.57. The molecule has 1 aliphatic heterocycles. The first-order chi connectivity index (χ1) is 9.74. The number of nitrogens with zero attached hydrogens (tertiary/aromatic N) is 1. The van der Waals surface area contributed by atoms with E-state index in [1.54, 1.807) is 0 Å². The maximum absolute atomic E-state index is 12.5. The Kier molecular flexibility index (Phi) is 3.96. The molecule has 0 radical (unpaired) electrons. The van der Waals surface area contributed by atoms with E-state index in [1.807, 2.05) is 0 Å². The van der Waals surface area contributed by atoms with Crippen LogP contribution in [0.5, 0.6) is 0 Å². The highest BCUT2D eigenvalue weighted by atomic mass is 16.6. The molecule has 1 amide bonds. The van der Waals surface area contributed by atoms with Crippen molar-refractivity contribution in [1.29, 1.82) is 0 Å². The van der Waals surface area contributed by atoms with Gasteiger partial charge in [0.25, 0.3) is 0 Å². The van der Waals surface area contributed by atoms with Crippen LogP contribution in [0.4, 0.5) is 4.79 Å². The van der Waals surface area contributed by atoms with E-state index in [1.165, 1.54) is 51.4 Å². The molecule has 0 N–H and O–H groups in total. The van der Waals surface area contributed by atoms with E-state index < -0.39 is 0 Å². The van der Waals surface area contributed by atoms with Crippen molar-refractivity contribution in [2.75, 3.05) is 0 Å². The fourth-order valence-corrected chi connectivity index (χ4v) is 4.65. The molecule has 1 saturated heterocycles. The van der Waals surface area contributed by atoms with Crippen LogP contribution in [0.25, 0.3) is 0 Å². The number of carbonyl (C=O) groups excluding carboxylic acids is 1. The summed E-state index contributed by atoms with van der Waals surface area (Å²) in [5.74, 6) is 0.723. The molecule has 1 heterocycles. The van der Waals surface area contributed by atoms with Crippen molar-refractivity contribution in [3.05, 3.63) is 0 Å². The van der Waals surface area contributed by atoms with Gasteiger partial charge in [-0.15, -0.1) is 0 Å². The summed E-state index contributed by atoms with van der Waals surface area (Å²) >= 11 is 0. The number of unbranched alkanes of at least 4 members (excludes halogenated alkanes) is 1. The fourth-order valence-electron chi connectivity index (χ4n) is 4.65. The molecule has 3 nitrogen and oxygen atoms in total. The topological polar surface area (TPSA) is 29.3 Å². The molecule has 2 aliphatic carbocycles. The third-order valence-corrected chi connectivity index (χ3v) is 5.96. The molecule has 0 aromatic rings. The van der Waals surface area contributed by atoms with Crippen LogP contribution in [0.1, 0.15) is 78.1 Å². The highest BCUT2D eigenvalue weighted by Gasteiger charge is 2.72. The largest absolute Gasteiger partial charge is 0.446 e. The van der Waals surface area contributed by atoms with E-state index in [4.69, 9.17) is 4.74 Å². The standard InChI is InChI=1S/C17H29NO2/c1-3-5-10-15-17(12-11-13(17)4-2)18(15)16(19)20-14-8-6-7-9-14/h13-15H,3-12H2,1-2H3. The molecular weight excluding hydrogens is 250 g/mol. The van der Waals surface area contributed by atoms with Gasteiger partial charge in [0, 0.05) is 0 Å². The van der Waals surface area contributed by atoms with Gasteiger partial charge in [0.15, 0.2) is 0 Å². The molecule has 3 unspecified atom stereocenters. The Morgan fingerprint density at radius 2 is 2.00 bits per heavy atom. The fraction of sp³-hybridized carbons (Fsp3) is 0.941. The molecule has 3 atom stereocenters. The minimum atomic E-state index is -0.00356. The molecule has 3 rings (SSSR count). The molecule has 1 spiro atoms. The zero-order chi connectivity index (χ0) is 14.2. The highest BCUT2D eigenvalue weighted by molar-refractivity contribution is 5.74. The zero-order valence-corrected chi connectivity index (χ0v) is 13.1. The SMILES string of the molecule is CCCCC1N(C(=O)OC2CCCC2)C12CCC2CC. The van der Waals surface area contributed by atoms with E-state index in [0.717, 1.165) is 18.8 Å². The lowest BCUT2D eigenvalue weighted by atomic mass is 9.68. The highest BCUT2D eigenvalue weighted by Crippen LogP contribution is 2.61. The van der Waals surface area contributed by atoms with Crippen LogP contribution in [0.15, 0.2) is 0 Å². The summed E-state index contributed by atoms with van der Waals surface area (Å²) in [6.45, 7) is 4.50. The van der Waals surface area contributed by atoms with Gasteiger partial charge >= 0.3 is 6.09 Å². The minimum absolute atomic E-state index is 0.00356. The molecule has 0 bridgehead atoms. The van der Waals surface area contributed by atoms with Crippen LogP contribution in [0, 0.1) is 5.92 Å². The summed E-state index contributed by atoms with van der Waals surface area (Å²) in [5, 5.41) is 0. The van der Waals surface area contributed by atoms with Gasteiger partial charge in [0.2, 0.25) is 0 Å². The summed E-state index contributed by atoms with van der Waals surface area (Å²) in [6.07, 6.45) is 12.1. The van der Waals surface area contributed by atoms with Crippen LogP contribution in [-0.2, 0) is 4.74 Å². The number of ether oxygens (including phenoxy) is 1. The molecule has 3 fully saturated rings. The van der Waals surface area contributed by atoms with Gasteiger partial charge in [-0.05, 0) is 50.9 Å². The van der Waals surface area contributed by atoms with Gasteiger partial charge < -0.3 is 4.74 Å². The van der Waals surface area contributed by atoms with E-state index in [0.29, 0.717) is 6.04 Å². The van der Waals surface area contributed by atoms with E-state index >= 15 is 0 Å². The van der Waals surface area contributed by atoms with Crippen molar-refractivity contribution < 1.29 is 9.53 Å². The normalized spacial score (nSPS) is 36.2. The number of amides is 1. The summed E-state index contributed by atoms with van der Waals surface area (Å²) in [7, 11) is 0. The summed E-state index contributed by atoms with van der Waals surface area (Å²) in [5.41, 5.74) is 0.208. The van der Waals surface area contributed by atoms with Gasteiger partial charge in [-0.3, -0.25) is 4.90 Å². The maximum Gasteiger partial charge on any atom is 0.410 e. The first-order valence-electron chi connectivity index (χ1n) is 8.74. The van der Waals surface area contributed by atoms with Crippen molar-refractivity contribution >= 4 is 6.09 Å². The molecule has 3 heteroatoms. The van der Waals surface area contributed by atoms with Crippen LogP contribution in [0.2, 0.25) is 0 Å². The smallest absolute Gasteiger partial charge is 0.410 e. The summed E-state index contributed by atoms with van der Waals surface area (Å²) in [4.78, 5) is 14.6. The average Bonchev–Trinajstić information content (AvgIpc) is 2.86. The molecule has 20 heavy (non-hydrogen) atoms. The van der Waals surface area contributed by atoms with E-state index in [-0.39, 0.29) is 17.7 Å². The van der Waals surface area contributed by atoms with Crippen molar-refractivity contribution in [3.63, 3.8) is 0 Å². The van der Waals surface area contributed by atoms with Gasteiger partial charge in [0.05, 0.1) is 11.6 Å². The molecule has 0 aromatic heterocycles. The number of hydrogen-bond acceptors (Lipinski definition) is 2. The van der Waals surface area contributed by atoms with Crippen LogP contribution in [0.3, 0.4) is 0 Å². The van der Waals surface area contributed by atoms with E-state index in [9.17, 15) is 4.79 Å². The average molecular weight is 279 g/mol. The minimum Gasteiger partial charge on any atom is -0.446 e. The lowest BCUT2D eigenvalue weighted by Crippen LogP contribution is -2.41. The van der Waals surface area contributed by atoms with Crippen molar-refractivity contribution in [1.82, 2.24) is 4.90 Å². The second-order valence-electron chi connectivity index (χ2n) is 6.95. The predicted octanol–water partition coefficient (Wildman–Crippen LogP) is 4.50. The van der Waals surface area contributed by atoms with Crippen LogP contribution >= 0.6 is 0 Å². The first kappa shape index (κ1) is 14.2. The van der Waals surface area contributed by atoms with Gasteiger partial charge in [-0.2, -0.15) is 0 Å². The maximum atomic E-state index is 12.5. The first-order valence-corrected chi connectivity index (χ1v) is 8.74. The number of carbonyl (C=O) groups is 1. The Hall–Kier alpha value is -0.730. The number of hydrogen-bond donors (Lipinski definition) is 0. The predicted molar refractivity (Wildman–Crippen MR) is 79.6 cm³/mol. The molecule has 114 valence electrons. The van der Waals surface area contributed by atoms with E-state index in [2.05, 4.69) is 18.7 Å². The van der Waals surface area contributed by atoms with Crippen LogP contribution in [-0.4, -0.2) is 28.7 Å². The Labute approximate surface area is 123 Å². The summed E-state index contributed by atoms with van der Waals surface area (Å²) in [6, 6.07) is 0.482. The molecule has 2 saturated carbocycles. The third kappa shape index (κ3) is 2.14. The Bertz CT molecular complexity index is 362. The Balaban J connectivity index is 1.62.